The van der Waals surface area contributed by atoms with Crippen LogP contribution in [0.15, 0.2) is 0 Å². The van der Waals surface area contributed by atoms with E-state index in [1.54, 1.807) is 10.9 Å². The number of unbranched alkanes of at least 4 members (excludes halogenated alkanes) is 1. The van der Waals surface area contributed by atoms with Crippen molar-refractivity contribution in [2.45, 2.75) is 25.7 Å². The Labute approximate surface area is 156 Å². The second-order valence-electron chi connectivity index (χ2n) is 4.31. The van der Waals surface area contributed by atoms with Crippen LogP contribution in [0.1, 0.15) is 25.7 Å². The monoisotopic (exact) mass is 400 g/mol. The lowest BCUT2D eigenvalue weighted by Gasteiger charge is -1.99. The molecule has 4 amide bonds. The zero-order chi connectivity index (χ0) is 21.3. The van der Waals surface area contributed by atoms with E-state index in [2.05, 4.69) is 21.4 Å². The fourth-order valence-corrected chi connectivity index (χ4v) is 1.07. The highest BCUT2D eigenvalue weighted by Gasteiger charge is 2.00. The van der Waals surface area contributed by atoms with Gasteiger partial charge in [-0.2, -0.15) is 0 Å². The molecule has 162 valence electrons. The van der Waals surface area contributed by atoms with Crippen molar-refractivity contribution in [1.82, 2.24) is 21.7 Å². The summed E-state index contributed by atoms with van der Waals surface area (Å²) in [5.74, 6) is 27.7. The van der Waals surface area contributed by atoms with Crippen molar-refractivity contribution >= 4 is 17.8 Å². The third kappa shape index (κ3) is 32.0. The van der Waals surface area contributed by atoms with Crippen LogP contribution in [0.5, 0.6) is 0 Å². The summed E-state index contributed by atoms with van der Waals surface area (Å²) in [6.07, 6.45) is 1.95. The van der Waals surface area contributed by atoms with E-state index in [1.807, 2.05) is 10.9 Å². The highest BCUT2D eigenvalue weighted by molar-refractivity contribution is 5.76. The molecule has 0 spiro atoms. The fourth-order valence-electron chi connectivity index (χ4n) is 1.07. The van der Waals surface area contributed by atoms with Gasteiger partial charge < -0.3 is 14.4 Å². The molecular weight excluding hydrogens is 368 g/mol. The van der Waals surface area contributed by atoms with Crippen molar-refractivity contribution in [2.75, 3.05) is 26.4 Å². The fraction of sp³-hybridized carbons (Fsp3) is 0.727. The Morgan fingerprint density at radius 3 is 1.22 bits per heavy atom. The number of urea groups is 1. The van der Waals surface area contributed by atoms with E-state index in [9.17, 15) is 14.4 Å². The molecular formula is C11H32N10O6. The Morgan fingerprint density at radius 2 is 1.00 bits per heavy atom. The summed E-state index contributed by atoms with van der Waals surface area (Å²) in [6, 6.07) is -0.602. The Hall–Kier alpha value is -2.15. The van der Waals surface area contributed by atoms with Crippen molar-refractivity contribution in [1.29, 1.82) is 0 Å². The van der Waals surface area contributed by atoms with E-state index in [0.29, 0.717) is 52.1 Å². The molecule has 0 aliphatic carbocycles. The molecule has 0 saturated heterocycles. The largest absolute Gasteiger partial charge is 0.377 e. The maximum absolute atomic E-state index is 10.6. The number of ether oxygens (including phenoxy) is 1. The van der Waals surface area contributed by atoms with Crippen LogP contribution >= 0.6 is 0 Å². The molecule has 0 heterocycles. The van der Waals surface area contributed by atoms with Gasteiger partial charge in [-0.05, 0) is 12.8 Å². The number of amides is 4. The van der Waals surface area contributed by atoms with Gasteiger partial charge in [0, 0.05) is 12.8 Å². The summed E-state index contributed by atoms with van der Waals surface area (Å²) in [7, 11) is 0. The van der Waals surface area contributed by atoms with Gasteiger partial charge in [-0.25, -0.2) is 40.0 Å². The molecule has 0 rings (SSSR count). The lowest BCUT2D eigenvalue weighted by atomic mass is 10.2. The van der Waals surface area contributed by atoms with E-state index in [4.69, 9.17) is 28.2 Å². The van der Waals surface area contributed by atoms with Crippen LogP contribution in [0.3, 0.4) is 0 Å². The van der Waals surface area contributed by atoms with E-state index in [1.165, 1.54) is 0 Å². The molecule has 0 unspecified atom stereocenters. The minimum absolute atomic E-state index is 0.219. The number of nitrogens with one attached hydrogen (secondary N) is 4. The van der Waals surface area contributed by atoms with Gasteiger partial charge in [0.2, 0.25) is 11.8 Å². The molecule has 0 aromatic carbocycles. The summed E-state index contributed by atoms with van der Waals surface area (Å²) < 4.78 is 4.90. The van der Waals surface area contributed by atoms with Crippen LogP contribution in [-0.2, 0) is 24.0 Å². The van der Waals surface area contributed by atoms with E-state index in [0.717, 1.165) is 0 Å². The number of hydrogen-bond donors (Lipinski definition) is 10. The summed E-state index contributed by atoms with van der Waals surface area (Å²) in [5.41, 5.74) is 7.48. The minimum Gasteiger partial charge on any atom is -0.377 e. The summed E-state index contributed by atoms with van der Waals surface area (Å²) >= 11 is 0. The first-order valence-electron chi connectivity index (χ1n) is 7.60. The summed E-state index contributed by atoms with van der Waals surface area (Å²) in [4.78, 5) is 39.3. The first-order valence-corrected chi connectivity index (χ1v) is 7.60. The summed E-state index contributed by atoms with van der Waals surface area (Å²) in [5, 5.41) is 0. The lowest BCUT2D eigenvalue weighted by molar-refractivity contribution is -0.123. The van der Waals surface area contributed by atoms with Crippen molar-refractivity contribution in [2.24, 2.45) is 35.2 Å². The summed E-state index contributed by atoms with van der Waals surface area (Å²) in [6.45, 7) is 1.73. The molecule has 27 heavy (non-hydrogen) atoms. The Morgan fingerprint density at radius 1 is 0.630 bits per heavy atom. The number of rotatable bonds is 11. The van der Waals surface area contributed by atoms with E-state index < -0.39 is 6.03 Å². The lowest BCUT2D eigenvalue weighted by Crippen LogP contribution is -2.43. The topological polar surface area (TPSA) is 283 Å². The van der Waals surface area contributed by atoms with Crippen LogP contribution in [0, 0.1) is 0 Å². The van der Waals surface area contributed by atoms with Crippen molar-refractivity contribution in [3.63, 3.8) is 0 Å². The van der Waals surface area contributed by atoms with Gasteiger partial charge >= 0.3 is 6.03 Å². The predicted molar refractivity (Wildman–Crippen MR) is 94.3 cm³/mol. The second kappa shape index (κ2) is 26.1. The van der Waals surface area contributed by atoms with Crippen LogP contribution < -0.4 is 56.9 Å². The van der Waals surface area contributed by atoms with Crippen molar-refractivity contribution in [3.05, 3.63) is 0 Å². The van der Waals surface area contributed by atoms with Gasteiger partial charge in [-0.3, -0.25) is 31.3 Å². The molecule has 0 aliphatic heterocycles. The number of hydrogen-bond acceptors (Lipinski definition) is 12. The minimum atomic E-state index is -0.602. The van der Waals surface area contributed by atoms with Gasteiger partial charge in [0.1, 0.15) is 0 Å². The standard InChI is InChI=1S/C6H14N4O2.C4H12N2O3.CH6N4O/c7-9-5(11)3-1-2-4-6(12)10-8;5-8-3-1-7-2-4-9-6;2-4-1(6)5-3/h1-4,7-8H2,(H,9,11)(H,10,12);1-6H2;2-3H2,(H2,4,5,6). The first-order chi connectivity index (χ1) is 12.9. The molecule has 0 atom stereocenters. The zero-order valence-corrected chi connectivity index (χ0v) is 15.1. The van der Waals surface area contributed by atoms with Gasteiger partial charge in [0.15, 0.2) is 0 Å². The van der Waals surface area contributed by atoms with Crippen LogP contribution in [0.2, 0.25) is 0 Å². The van der Waals surface area contributed by atoms with Crippen molar-refractivity contribution in [3.8, 4) is 0 Å². The highest BCUT2D eigenvalue weighted by atomic mass is 16.6. The third-order valence-electron chi connectivity index (χ3n) is 2.33. The SMILES string of the molecule is NNC(=O)CCCCC(=O)NN.NNC(=O)NN.NOCCOCCON. The van der Waals surface area contributed by atoms with Gasteiger partial charge in [-0.15, -0.1) is 0 Å². The predicted octanol–water partition coefficient (Wildman–Crippen LogP) is -4.66. The maximum Gasteiger partial charge on any atom is 0.343 e. The molecule has 0 radical (unpaired) electrons. The highest BCUT2D eigenvalue weighted by Crippen LogP contribution is 1.98. The smallest absolute Gasteiger partial charge is 0.343 e. The Balaban J connectivity index is -0.000000340. The van der Waals surface area contributed by atoms with E-state index in [-0.39, 0.29) is 11.8 Å². The molecule has 0 aromatic rings. The molecule has 16 N–H and O–H groups in total. The molecule has 0 aliphatic rings. The maximum atomic E-state index is 10.6. The van der Waals surface area contributed by atoms with Gasteiger partial charge in [0.05, 0.1) is 26.4 Å². The molecule has 0 aromatic heterocycles. The number of carbonyl (C=O) groups excluding carboxylic acids is 3. The number of hydrazine groups is 4. The van der Waals surface area contributed by atoms with Crippen LogP contribution in [0.25, 0.3) is 0 Å². The number of carbonyl (C=O) groups is 3. The third-order valence-corrected chi connectivity index (χ3v) is 2.33. The molecule has 16 nitrogen and oxygen atoms in total. The van der Waals surface area contributed by atoms with Crippen molar-refractivity contribution < 1.29 is 28.8 Å². The van der Waals surface area contributed by atoms with E-state index >= 15 is 0 Å². The molecule has 0 fully saturated rings. The molecule has 0 saturated carbocycles. The molecule has 0 bridgehead atoms. The molecule has 16 heteroatoms. The number of nitrogens with two attached hydrogens (primary N) is 6. The first kappa shape index (κ1) is 29.6. The second-order valence-corrected chi connectivity index (χ2v) is 4.31. The quantitative estimate of drug-likeness (QED) is 0.0677. The normalized spacial score (nSPS) is 8.96. The Kier molecular flexibility index (Phi) is 28.6. The zero-order valence-electron chi connectivity index (χ0n) is 15.1. The average Bonchev–Trinajstić information content (AvgIpc) is 2.70. The average molecular weight is 400 g/mol. The van der Waals surface area contributed by atoms with Crippen LogP contribution in [0.4, 0.5) is 4.79 Å². The van der Waals surface area contributed by atoms with Crippen LogP contribution in [-0.4, -0.2) is 44.3 Å². The van der Waals surface area contributed by atoms with Gasteiger partial charge in [-0.1, -0.05) is 0 Å². The Bertz CT molecular complexity index is 333. The van der Waals surface area contributed by atoms with Gasteiger partial charge in [0.25, 0.3) is 0 Å².